The summed E-state index contributed by atoms with van der Waals surface area (Å²) in [6.07, 6.45) is 0. The third-order valence-corrected chi connectivity index (χ3v) is 2.79. The van der Waals surface area contributed by atoms with Crippen LogP contribution >= 0.6 is 0 Å². The van der Waals surface area contributed by atoms with E-state index >= 15 is 0 Å². The number of hydrogen-bond acceptors (Lipinski definition) is 3. The quantitative estimate of drug-likeness (QED) is 0.829. The number of benzene rings is 1. The number of sulfonamides is 1. The lowest BCUT2D eigenvalue weighted by Crippen LogP contribution is -2.20. The molecule has 4 nitrogen and oxygen atoms in total. The predicted octanol–water partition coefficient (Wildman–Crippen LogP) is 1.37. The molecule has 1 aromatic rings. The van der Waals surface area contributed by atoms with Gasteiger partial charge in [0.25, 0.3) is 10.0 Å². The Balaban J connectivity index is 2.86. The molecule has 1 aromatic carbocycles. The highest BCUT2D eigenvalue weighted by Gasteiger charge is 2.23. The molecule has 0 aliphatic rings. The molecule has 0 fully saturated rings. The minimum absolute atomic E-state index is 0.132. The zero-order valence-corrected chi connectivity index (χ0v) is 9.39. The summed E-state index contributed by atoms with van der Waals surface area (Å²) in [5.74, 6) is -3.43. The summed E-state index contributed by atoms with van der Waals surface area (Å²) >= 11 is 0. The fraction of sp³-hybridized carbons (Fsp3) is 0.333. The molecule has 0 radical (unpaired) electrons. The molecule has 0 atom stereocenters. The Hall–Kier alpha value is -1.21. The van der Waals surface area contributed by atoms with Crippen LogP contribution in [0.1, 0.15) is 5.56 Å². The van der Waals surface area contributed by atoms with Crippen LogP contribution < -0.4 is 10.0 Å². The maximum atomic E-state index is 12.1. The van der Waals surface area contributed by atoms with Crippen LogP contribution in [-0.2, 0) is 16.6 Å². The van der Waals surface area contributed by atoms with Gasteiger partial charge in [-0.1, -0.05) is 12.1 Å². The third-order valence-electron chi connectivity index (χ3n) is 1.80. The van der Waals surface area contributed by atoms with Crippen LogP contribution in [0.2, 0.25) is 0 Å². The highest BCUT2D eigenvalue weighted by atomic mass is 32.2. The summed E-state index contributed by atoms with van der Waals surface area (Å²) in [6.45, 7) is 0.532. The van der Waals surface area contributed by atoms with Crippen LogP contribution in [0.5, 0.6) is 0 Å². The van der Waals surface area contributed by atoms with Crippen LogP contribution in [0.25, 0.3) is 0 Å². The van der Waals surface area contributed by atoms with E-state index in [4.69, 9.17) is 0 Å². The first-order chi connectivity index (χ1) is 7.45. The molecule has 2 N–H and O–H groups in total. The van der Waals surface area contributed by atoms with Gasteiger partial charge in [-0.15, -0.1) is 0 Å². The van der Waals surface area contributed by atoms with E-state index in [-0.39, 0.29) is 5.69 Å². The van der Waals surface area contributed by atoms with E-state index in [9.17, 15) is 17.2 Å². The maximum Gasteiger partial charge on any atom is 0.355 e. The van der Waals surface area contributed by atoms with Crippen LogP contribution in [0.4, 0.5) is 14.5 Å². The summed E-state index contributed by atoms with van der Waals surface area (Å²) in [7, 11) is -2.85. The summed E-state index contributed by atoms with van der Waals surface area (Å²) in [5, 5.41) is 2.87. The molecular formula is C9H12F2N2O2S. The standard InChI is InChI=1S/C9H12F2N2O2S/c1-12-6-7-3-2-4-8(5-7)13-16(14,15)9(10)11/h2-5,9,12-13H,6H2,1H3. The van der Waals surface area contributed by atoms with E-state index < -0.39 is 15.8 Å². The molecule has 1 rings (SSSR count). The van der Waals surface area contributed by atoms with E-state index in [2.05, 4.69) is 5.32 Å². The zero-order chi connectivity index (χ0) is 12.2. The van der Waals surface area contributed by atoms with E-state index in [0.717, 1.165) is 5.56 Å². The topological polar surface area (TPSA) is 58.2 Å². The van der Waals surface area contributed by atoms with Crippen molar-refractivity contribution in [1.82, 2.24) is 5.32 Å². The minimum Gasteiger partial charge on any atom is -0.316 e. The Kier molecular flexibility index (Phi) is 4.19. The van der Waals surface area contributed by atoms with Crippen LogP contribution in [-0.4, -0.2) is 21.2 Å². The Morgan fingerprint density at radius 2 is 2.06 bits per heavy atom. The molecule has 0 aromatic heterocycles. The molecule has 0 aliphatic carbocycles. The molecule has 0 saturated heterocycles. The smallest absolute Gasteiger partial charge is 0.316 e. The lowest BCUT2D eigenvalue weighted by Gasteiger charge is -2.08. The van der Waals surface area contributed by atoms with Crippen molar-refractivity contribution in [2.24, 2.45) is 0 Å². The zero-order valence-electron chi connectivity index (χ0n) is 8.57. The lowest BCUT2D eigenvalue weighted by molar-refractivity contribution is 0.236. The number of anilines is 1. The predicted molar refractivity (Wildman–Crippen MR) is 57.8 cm³/mol. The van der Waals surface area contributed by atoms with Crippen LogP contribution in [0, 0.1) is 0 Å². The average Bonchev–Trinajstić information content (AvgIpc) is 2.17. The van der Waals surface area contributed by atoms with Gasteiger partial charge in [-0.05, 0) is 24.7 Å². The van der Waals surface area contributed by atoms with Crippen molar-refractivity contribution in [1.29, 1.82) is 0 Å². The fourth-order valence-corrected chi connectivity index (χ4v) is 1.70. The van der Waals surface area contributed by atoms with E-state index in [1.54, 1.807) is 19.2 Å². The number of rotatable bonds is 5. The van der Waals surface area contributed by atoms with Gasteiger partial charge in [0.05, 0.1) is 0 Å². The van der Waals surface area contributed by atoms with Crippen LogP contribution in [0.3, 0.4) is 0 Å². The molecule has 0 bridgehead atoms. The Labute approximate surface area is 92.7 Å². The summed E-state index contributed by atoms with van der Waals surface area (Å²) in [5.41, 5.74) is 0.935. The molecular weight excluding hydrogens is 238 g/mol. The fourth-order valence-electron chi connectivity index (χ4n) is 1.16. The third kappa shape index (κ3) is 3.42. The Bertz CT molecular complexity index is 449. The van der Waals surface area contributed by atoms with Gasteiger partial charge in [0.15, 0.2) is 0 Å². The SMILES string of the molecule is CNCc1cccc(NS(=O)(=O)C(F)F)c1. The first-order valence-electron chi connectivity index (χ1n) is 4.49. The highest BCUT2D eigenvalue weighted by molar-refractivity contribution is 7.93. The number of nitrogens with one attached hydrogen (secondary N) is 2. The van der Waals surface area contributed by atoms with Crippen molar-refractivity contribution in [3.63, 3.8) is 0 Å². The van der Waals surface area contributed by atoms with Gasteiger partial charge in [-0.25, -0.2) is 8.42 Å². The molecule has 0 amide bonds. The molecule has 7 heteroatoms. The second-order valence-electron chi connectivity index (χ2n) is 3.14. The van der Waals surface area contributed by atoms with Gasteiger partial charge in [0, 0.05) is 12.2 Å². The lowest BCUT2D eigenvalue weighted by atomic mass is 10.2. The molecule has 0 unspecified atom stereocenters. The van der Waals surface area contributed by atoms with Crippen molar-refractivity contribution in [3.05, 3.63) is 29.8 Å². The van der Waals surface area contributed by atoms with E-state index in [1.165, 1.54) is 12.1 Å². The summed E-state index contributed by atoms with van der Waals surface area (Å²) in [4.78, 5) is 0. The molecule has 0 saturated carbocycles. The average molecular weight is 250 g/mol. The second kappa shape index (κ2) is 5.22. The van der Waals surface area contributed by atoms with E-state index in [1.807, 2.05) is 4.72 Å². The summed E-state index contributed by atoms with van der Waals surface area (Å²) in [6, 6.07) is 6.27. The van der Waals surface area contributed by atoms with E-state index in [0.29, 0.717) is 6.54 Å². The minimum atomic E-state index is -4.59. The van der Waals surface area contributed by atoms with Crippen molar-refractivity contribution < 1.29 is 17.2 Å². The normalized spacial score (nSPS) is 11.8. The van der Waals surface area contributed by atoms with Crippen molar-refractivity contribution in [2.45, 2.75) is 12.3 Å². The van der Waals surface area contributed by atoms with Crippen molar-refractivity contribution in [3.8, 4) is 0 Å². The molecule has 16 heavy (non-hydrogen) atoms. The second-order valence-corrected chi connectivity index (χ2v) is 4.79. The number of hydrogen-bond donors (Lipinski definition) is 2. The largest absolute Gasteiger partial charge is 0.355 e. The molecule has 90 valence electrons. The Morgan fingerprint density at radius 1 is 1.38 bits per heavy atom. The van der Waals surface area contributed by atoms with Gasteiger partial charge in [0.2, 0.25) is 0 Å². The highest BCUT2D eigenvalue weighted by Crippen LogP contribution is 2.15. The maximum absolute atomic E-state index is 12.1. The van der Waals surface area contributed by atoms with Crippen LogP contribution in [0.15, 0.2) is 24.3 Å². The van der Waals surface area contributed by atoms with Gasteiger partial charge in [0.1, 0.15) is 0 Å². The van der Waals surface area contributed by atoms with Gasteiger partial charge < -0.3 is 5.32 Å². The Morgan fingerprint density at radius 3 is 2.62 bits per heavy atom. The van der Waals surface area contributed by atoms with Crippen molar-refractivity contribution >= 4 is 15.7 Å². The molecule has 0 heterocycles. The van der Waals surface area contributed by atoms with Crippen molar-refractivity contribution in [2.75, 3.05) is 11.8 Å². The molecule has 0 aliphatic heterocycles. The van der Waals surface area contributed by atoms with Gasteiger partial charge in [-0.2, -0.15) is 8.78 Å². The molecule has 0 spiro atoms. The van der Waals surface area contributed by atoms with Gasteiger partial charge >= 0.3 is 5.76 Å². The number of alkyl halides is 2. The first kappa shape index (κ1) is 12.9. The van der Waals surface area contributed by atoms with Gasteiger partial charge in [-0.3, -0.25) is 4.72 Å². The number of halogens is 2. The first-order valence-corrected chi connectivity index (χ1v) is 6.03. The summed E-state index contributed by atoms with van der Waals surface area (Å²) < 4.78 is 47.8. The monoisotopic (exact) mass is 250 g/mol.